The molecule has 0 aromatic rings. The number of rotatable bonds is 3. The summed E-state index contributed by atoms with van der Waals surface area (Å²) in [5.41, 5.74) is 0. The lowest BCUT2D eigenvalue weighted by Crippen LogP contribution is -2.52. The highest BCUT2D eigenvalue weighted by Gasteiger charge is 2.25. The molecule has 1 fully saturated rings. The first-order valence-electron chi connectivity index (χ1n) is 4.05. The van der Waals surface area contributed by atoms with Gasteiger partial charge in [-0.1, -0.05) is 13.8 Å². The van der Waals surface area contributed by atoms with E-state index in [2.05, 4.69) is 37.8 Å². The van der Waals surface area contributed by atoms with E-state index in [1.807, 2.05) is 0 Å². The van der Waals surface area contributed by atoms with Gasteiger partial charge in [-0.15, -0.1) is 0 Å². The van der Waals surface area contributed by atoms with E-state index in [0.717, 1.165) is 17.2 Å². The highest BCUT2D eigenvalue weighted by atomic mass is 32.2. The van der Waals surface area contributed by atoms with Gasteiger partial charge in [-0.05, 0) is 23.8 Å². The molecule has 1 heterocycles. The molecule has 0 radical (unpaired) electrons. The lowest BCUT2D eigenvalue weighted by atomic mass is 9.96. The molecule has 0 unspecified atom stereocenters. The fourth-order valence-electron chi connectivity index (χ4n) is 1.04. The number of nitrogens with one attached hydrogen (secondary N) is 1. The van der Waals surface area contributed by atoms with Crippen LogP contribution >= 0.6 is 11.8 Å². The average molecular weight is 159 g/mol. The van der Waals surface area contributed by atoms with Crippen molar-refractivity contribution in [3.05, 3.63) is 0 Å². The number of hydrogen-bond donors (Lipinski definition) is 1. The second-order valence-corrected chi connectivity index (χ2v) is 4.95. The Balaban J connectivity index is 2.03. The van der Waals surface area contributed by atoms with Crippen molar-refractivity contribution in [1.29, 1.82) is 0 Å². The third-order valence-corrected chi connectivity index (χ3v) is 3.34. The third-order valence-electron chi connectivity index (χ3n) is 2.05. The zero-order valence-corrected chi connectivity index (χ0v) is 7.87. The SMILES string of the molecule is CC(C)SC[C@H]1CN[C@@H]1C. The van der Waals surface area contributed by atoms with Gasteiger partial charge in [-0.25, -0.2) is 0 Å². The van der Waals surface area contributed by atoms with Crippen LogP contribution in [0.2, 0.25) is 0 Å². The molecule has 1 aliphatic heterocycles. The molecule has 10 heavy (non-hydrogen) atoms. The maximum atomic E-state index is 3.37. The molecule has 1 aliphatic rings. The van der Waals surface area contributed by atoms with Crippen LogP contribution < -0.4 is 5.32 Å². The number of hydrogen-bond acceptors (Lipinski definition) is 2. The summed E-state index contributed by atoms with van der Waals surface area (Å²) < 4.78 is 0. The Morgan fingerprint density at radius 1 is 1.60 bits per heavy atom. The van der Waals surface area contributed by atoms with E-state index in [9.17, 15) is 0 Å². The molecule has 0 amide bonds. The topological polar surface area (TPSA) is 12.0 Å². The second-order valence-electron chi connectivity index (χ2n) is 3.34. The molecule has 0 saturated carbocycles. The maximum absolute atomic E-state index is 3.37. The van der Waals surface area contributed by atoms with Crippen molar-refractivity contribution in [3.8, 4) is 0 Å². The molecule has 2 atom stereocenters. The van der Waals surface area contributed by atoms with Crippen molar-refractivity contribution in [3.63, 3.8) is 0 Å². The highest BCUT2D eigenvalue weighted by molar-refractivity contribution is 7.99. The normalized spacial score (nSPS) is 32.4. The summed E-state index contributed by atoms with van der Waals surface area (Å²) in [6.45, 7) is 8.04. The van der Waals surface area contributed by atoms with E-state index in [-0.39, 0.29) is 0 Å². The van der Waals surface area contributed by atoms with Crippen molar-refractivity contribution in [2.24, 2.45) is 5.92 Å². The van der Waals surface area contributed by atoms with Gasteiger partial charge in [0.05, 0.1) is 0 Å². The summed E-state index contributed by atoms with van der Waals surface area (Å²) in [4.78, 5) is 0. The molecule has 0 aromatic carbocycles. The van der Waals surface area contributed by atoms with Gasteiger partial charge in [-0.3, -0.25) is 0 Å². The Labute approximate surface area is 68.0 Å². The van der Waals surface area contributed by atoms with Gasteiger partial charge >= 0.3 is 0 Å². The van der Waals surface area contributed by atoms with E-state index in [0.29, 0.717) is 0 Å². The molecule has 0 spiro atoms. The van der Waals surface area contributed by atoms with Crippen LogP contribution in [0.1, 0.15) is 20.8 Å². The largest absolute Gasteiger partial charge is 0.314 e. The Morgan fingerprint density at radius 3 is 2.60 bits per heavy atom. The van der Waals surface area contributed by atoms with Crippen LogP contribution in [0.3, 0.4) is 0 Å². The standard InChI is InChI=1S/C8H17NS/c1-6(2)10-5-8-4-9-7(8)3/h6-9H,4-5H2,1-3H3/t7-,8-/m1/s1. The van der Waals surface area contributed by atoms with E-state index < -0.39 is 0 Å². The first kappa shape index (κ1) is 8.41. The zero-order chi connectivity index (χ0) is 7.56. The van der Waals surface area contributed by atoms with E-state index in [1.165, 1.54) is 12.3 Å². The van der Waals surface area contributed by atoms with E-state index in [1.54, 1.807) is 0 Å². The summed E-state index contributed by atoms with van der Waals surface area (Å²) in [6.07, 6.45) is 0. The monoisotopic (exact) mass is 159 g/mol. The van der Waals surface area contributed by atoms with Gasteiger partial charge < -0.3 is 5.32 Å². The van der Waals surface area contributed by atoms with Crippen LogP contribution in [-0.2, 0) is 0 Å². The molecule has 1 saturated heterocycles. The predicted molar refractivity (Wildman–Crippen MR) is 48.5 cm³/mol. The maximum Gasteiger partial charge on any atom is 0.00871 e. The fourth-order valence-corrected chi connectivity index (χ4v) is 2.08. The minimum absolute atomic E-state index is 0.770. The van der Waals surface area contributed by atoms with Gasteiger partial charge in [0.2, 0.25) is 0 Å². The van der Waals surface area contributed by atoms with E-state index in [4.69, 9.17) is 0 Å². The van der Waals surface area contributed by atoms with Crippen molar-refractivity contribution in [2.45, 2.75) is 32.1 Å². The van der Waals surface area contributed by atoms with Gasteiger partial charge in [0.25, 0.3) is 0 Å². The summed E-state index contributed by atoms with van der Waals surface area (Å²) in [5.74, 6) is 2.28. The van der Waals surface area contributed by atoms with Crippen LogP contribution in [0.25, 0.3) is 0 Å². The van der Waals surface area contributed by atoms with Crippen LogP contribution in [0, 0.1) is 5.92 Å². The molecule has 2 heteroatoms. The van der Waals surface area contributed by atoms with Crippen molar-refractivity contribution in [2.75, 3.05) is 12.3 Å². The summed E-state index contributed by atoms with van der Waals surface area (Å²) in [7, 11) is 0. The zero-order valence-electron chi connectivity index (χ0n) is 7.05. The lowest BCUT2D eigenvalue weighted by Gasteiger charge is -2.35. The van der Waals surface area contributed by atoms with Gasteiger partial charge in [-0.2, -0.15) is 11.8 Å². The Bertz CT molecular complexity index is 103. The highest BCUT2D eigenvalue weighted by Crippen LogP contribution is 2.20. The summed E-state index contributed by atoms with van der Waals surface area (Å²) in [5, 5.41) is 4.17. The van der Waals surface area contributed by atoms with Gasteiger partial charge in [0, 0.05) is 12.6 Å². The van der Waals surface area contributed by atoms with Crippen molar-refractivity contribution < 1.29 is 0 Å². The molecule has 1 N–H and O–H groups in total. The molecule has 1 nitrogen and oxygen atoms in total. The molecular formula is C8H17NS. The smallest absolute Gasteiger partial charge is 0.00871 e. The Morgan fingerprint density at radius 2 is 2.30 bits per heavy atom. The first-order valence-corrected chi connectivity index (χ1v) is 5.10. The van der Waals surface area contributed by atoms with Crippen LogP contribution in [-0.4, -0.2) is 23.6 Å². The molecule has 0 aliphatic carbocycles. The first-order chi connectivity index (χ1) is 4.70. The minimum Gasteiger partial charge on any atom is -0.314 e. The van der Waals surface area contributed by atoms with Gasteiger partial charge in [0.15, 0.2) is 0 Å². The predicted octanol–water partition coefficient (Wildman–Crippen LogP) is 1.74. The molecule has 0 aromatic heterocycles. The summed E-state index contributed by atoms with van der Waals surface area (Å²) >= 11 is 2.08. The third kappa shape index (κ3) is 2.17. The molecule has 60 valence electrons. The Kier molecular flexibility index (Phi) is 3.05. The summed E-state index contributed by atoms with van der Waals surface area (Å²) in [6, 6.07) is 0.770. The molecule has 1 rings (SSSR count). The minimum atomic E-state index is 0.770. The van der Waals surface area contributed by atoms with Crippen molar-refractivity contribution >= 4 is 11.8 Å². The fraction of sp³-hybridized carbons (Fsp3) is 1.00. The average Bonchev–Trinajstić information content (AvgIpc) is 1.84. The quantitative estimate of drug-likeness (QED) is 0.673. The van der Waals surface area contributed by atoms with Crippen LogP contribution in [0.5, 0.6) is 0 Å². The van der Waals surface area contributed by atoms with Crippen LogP contribution in [0.15, 0.2) is 0 Å². The second kappa shape index (κ2) is 3.63. The lowest BCUT2D eigenvalue weighted by molar-refractivity contribution is 0.279. The van der Waals surface area contributed by atoms with E-state index >= 15 is 0 Å². The van der Waals surface area contributed by atoms with Gasteiger partial charge in [0.1, 0.15) is 0 Å². The van der Waals surface area contributed by atoms with Crippen LogP contribution in [0.4, 0.5) is 0 Å². The Hall–Kier alpha value is 0.310. The van der Waals surface area contributed by atoms with Crippen molar-refractivity contribution in [1.82, 2.24) is 5.32 Å². The molecule has 0 bridgehead atoms. The number of thioether (sulfide) groups is 1. The molecular weight excluding hydrogens is 142 g/mol.